The van der Waals surface area contributed by atoms with E-state index in [1.165, 1.54) is 6.07 Å². The number of hydrogen-bond donors (Lipinski definition) is 1. The van der Waals surface area contributed by atoms with Crippen molar-refractivity contribution in [2.75, 3.05) is 0 Å². The molecule has 1 aromatic heterocycles. The first-order chi connectivity index (χ1) is 10.5. The molecule has 4 nitrogen and oxygen atoms in total. The van der Waals surface area contributed by atoms with Crippen molar-refractivity contribution in [1.82, 2.24) is 0 Å². The highest BCUT2D eigenvalue weighted by molar-refractivity contribution is 5.86. The zero-order chi connectivity index (χ0) is 15.7. The monoisotopic (exact) mass is 304 g/mol. The Morgan fingerprint density at radius 3 is 2.50 bits per heavy atom. The number of rotatable bonds is 3. The minimum atomic E-state index is -3.04. The minimum Gasteiger partial charge on any atom is -0.507 e. The zero-order valence-corrected chi connectivity index (χ0v) is 11.1. The van der Waals surface area contributed by atoms with Crippen molar-refractivity contribution < 1.29 is 23.0 Å². The van der Waals surface area contributed by atoms with Crippen molar-refractivity contribution in [2.24, 2.45) is 0 Å². The fourth-order valence-electron chi connectivity index (χ4n) is 2.16. The van der Waals surface area contributed by atoms with Crippen LogP contribution in [-0.4, -0.2) is 11.7 Å². The van der Waals surface area contributed by atoms with Crippen LogP contribution in [0.5, 0.6) is 11.5 Å². The van der Waals surface area contributed by atoms with Gasteiger partial charge in [-0.15, -0.1) is 0 Å². The zero-order valence-electron chi connectivity index (χ0n) is 11.1. The molecule has 0 fully saturated rings. The summed E-state index contributed by atoms with van der Waals surface area (Å²) in [6, 6.07) is 12.2. The summed E-state index contributed by atoms with van der Waals surface area (Å²) in [4.78, 5) is 12.1. The van der Waals surface area contributed by atoms with Gasteiger partial charge in [0.2, 0.25) is 0 Å². The van der Waals surface area contributed by atoms with Gasteiger partial charge in [-0.05, 0) is 0 Å². The molecular formula is C16H10F2O4. The molecule has 0 atom stereocenters. The van der Waals surface area contributed by atoms with Crippen molar-refractivity contribution in [3.63, 3.8) is 0 Å². The fraction of sp³-hybridized carbons (Fsp3) is 0.0625. The van der Waals surface area contributed by atoms with E-state index in [1.807, 2.05) is 6.07 Å². The summed E-state index contributed by atoms with van der Waals surface area (Å²) in [5.74, 6) is -0.485. The normalized spacial score (nSPS) is 11.0. The van der Waals surface area contributed by atoms with Gasteiger partial charge < -0.3 is 14.3 Å². The van der Waals surface area contributed by atoms with Gasteiger partial charge in [0.15, 0.2) is 5.43 Å². The van der Waals surface area contributed by atoms with E-state index in [4.69, 9.17) is 4.42 Å². The van der Waals surface area contributed by atoms with Gasteiger partial charge in [0.05, 0.1) is 0 Å². The molecular weight excluding hydrogens is 294 g/mol. The van der Waals surface area contributed by atoms with Crippen LogP contribution in [0.2, 0.25) is 0 Å². The highest BCUT2D eigenvalue weighted by Crippen LogP contribution is 2.31. The third kappa shape index (κ3) is 2.63. The largest absolute Gasteiger partial charge is 0.507 e. The quantitative estimate of drug-likeness (QED) is 0.800. The predicted octanol–water partition coefficient (Wildman–Crippen LogP) is 3.77. The smallest absolute Gasteiger partial charge is 0.387 e. The topological polar surface area (TPSA) is 59.7 Å². The molecule has 0 radical (unpaired) electrons. The Labute approximate surface area is 123 Å². The lowest BCUT2D eigenvalue weighted by atomic mass is 10.1. The Morgan fingerprint density at radius 2 is 1.82 bits per heavy atom. The molecule has 3 aromatic rings. The second-order valence-corrected chi connectivity index (χ2v) is 4.53. The highest BCUT2D eigenvalue weighted by Gasteiger charge is 2.14. The van der Waals surface area contributed by atoms with Crippen molar-refractivity contribution in [3.05, 3.63) is 58.8 Å². The molecule has 0 spiro atoms. The SMILES string of the molecule is O=c1cc(-c2ccccc2)oc2cc(OC(F)F)cc(O)c12. The summed E-state index contributed by atoms with van der Waals surface area (Å²) in [5, 5.41) is 9.74. The Kier molecular flexibility index (Phi) is 3.50. The average molecular weight is 304 g/mol. The van der Waals surface area contributed by atoms with Crippen molar-refractivity contribution in [3.8, 4) is 22.8 Å². The van der Waals surface area contributed by atoms with Crippen LogP contribution in [0.1, 0.15) is 0 Å². The number of aromatic hydroxyl groups is 1. The molecule has 0 aliphatic carbocycles. The van der Waals surface area contributed by atoms with Gasteiger partial charge in [0, 0.05) is 23.8 Å². The van der Waals surface area contributed by atoms with Gasteiger partial charge in [-0.2, -0.15) is 8.78 Å². The molecule has 1 heterocycles. The summed E-state index contributed by atoms with van der Waals surface area (Å²) in [6.07, 6.45) is 0. The van der Waals surface area contributed by atoms with E-state index in [1.54, 1.807) is 24.3 Å². The summed E-state index contributed by atoms with van der Waals surface area (Å²) in [6.45, 7) is -3.04. The number of ether oxygens (including phenoxy) is 1. The Hall–Kier alpha value is -2.89. The molecule has 0 saturated carbocycles. The number of fused-ring (bicyclic) bond motifs is 1. The van der Waals surface area contributed by atoms with Crippen LogP contribution in [-0.2, 0) is 0 Å². The Bertz CT molecular complexity index is 872. The molecule has 0 aliphatic rings. The molecule has 112 valence electrons. The van der Waals surface area contributed by atoms with Crippen LogP contribution >= 0.6 is 0 Å². The fourth-order valence-corrected chi connectivity index (χ4v) is 2.16. The van der Waals surface area contributed by atoms with Crippen LogP contribution < -0.4 is 10.2 Å². The molecule has 0 bridgehead atoms. The molecule has 0 unspecified atom stereocenters. The van der Waals surface area contributed by atoms with Gasteiger partial charge in [-0.3, -0.25) is 4.79 Å². The van der Waals surface area contributed by atoms with E-state index in [2.05, 4.69) is 4.74 Å². The molecule has 6 heteroatoms. The molecule has 0 aliphatic heterocycles. The molecule has 22 heavy (non-hydrogen) atoms. The van der Waals surface area contributed by atoms with Crippen LogP contribution in [0.4, 0.5) is 8.78 Å². The second-order valence-electron chi connectivity index (χ2n) is 4.53. The van der Waals surface area contributed by atoms with E-state index in [0.717, 1.165) is 12.1 Å². The van der Waals surface area contributed by atoms with Crippen molar-refractivity contribution in [2.45, 2.75) is 6.61 Å². The Morgan fingerprint density at radius 1 is 1.09 bits per heavy atom. The standard InChI is InChI=1S/C16H10F2O4/c17-16(18)21-10-6-11(19)15-12(20)8-13(22-14(15)7-10)9-4-2-1-3-5-9/h1-8,16,19H. The first kappa shape index (κ1) is 14.1. The maximum Gasteiger partial charge on any atom is 0.387 e. The van der Waals surface area contributed by atoms with Crippen LogP contribution in [0.15, 0.2) is 57.7 Å². The van der Waals surface area contributed by atoms with E-state index in [0.29, 0.717) is 5.56 Å². The number of benzene rings is 2. The highest BCUT2D eigenvalue weighted by atomic mass is 19.3. The first-order valence-corrected chi connectivity index (χ1v) is 6.35. The molecule has 3 rings (SSSR count). The van der Waals surface area contributed by atoms with Crippen molar-refractivity contribution >= 4 is 11.0 Å². The lowest BCUT2D eigenvalue weighted by Gasteiger charge is -2.08. The van der Waals surface area contributed by atoms with Crippen LogP contribution in [0, 0.1) is 0 Å². The summed E-state index contributed by atoms with van der Waals surface area (Å²) >= 11 is 0. The maximum absolute atomic E-state index is 12.3. The van der Waals surface area contributed by atoms with Gasteiger partial charge in [0.25, 0.3) is 0 Å². The van der Waals surface area contributed by atoms with E-state index < -0.39 is 17.8 Å². The lowest BCUT2D eigenvalue weighted by molar-refractivity contribution is -0.0498. The maximum atomic E-state index is 12.3. The predicted molar refractivity (Wildman–Crippen MR) is 76.2 cm³/mol. The number of halogens is 2. The lowest BCUT2D eigenvalue weighted by Crippen LogP contribution is -2.04. The second kappa shape index (κ2) is 5.48. The summed E-state index contributed by atoms with van der Waals surface area (Å²) in [7, 11) is 0. The van der Waals surface area contributed by atoms with E-state index >= 15 is 0 Å². The number of hydrogen-bond acceptors (Lipinski definition) is 4. The van der Waals surface area contributed by atoms with E-state index in [-0.39, 0.29) is 22.5 Å². The third-order valence-electron chi connectivity index (χ3n) is 3.07. The summed E-state index contributed by atoms with van der Waals surface area (Å²) < 4.78 is 34.3. The number of alkyl halides is 2. The molecule has 0 saturated heterocycles. The van der Waals surface area contributed by atoms with E-state index in [9.17, 15) is 18.7 Å². The summed E-state index contributed by atoms with van der Waals surface area (Å²) in [5.41, 5.74) is 0.157. The van der Waals surface area contributed by atoms with Gasteiger partial charge in [0.1, 0.15) is 28.2 Å². The Balaban J connectivity index is 2.21. The van der Waals surface area contributed by atoms with Gasteiger partial charge in [-0.1, -0.05) is 30.3 Å². The number of phenols is 1. The first-order valence-electron chi connectivity index (χ1n) is 6.35. The van der Waals surface area contributed by atoms with Crippen LogP contribution in [0.25, 0.3) is 22.3 Å². The molecule has 1 N–H and O–H groups in total. The molecule has 0 amide bonds. The average Bonchev–Trinajstić information content (AvgIpc) is 2.46. The third-order valence-corrected chi connectivity index (χ3v) is 3.07. The minimum absolute atomic E-state index is 0.0259. The molecule has 2 aromatic carbocycles. The van der Waals surface area contributed by atoms with Crippen molar-refractivity contribution in [1.29, 1.82) is 0 Å². The van der Waals surface area contributed by atoms with Gasteiger partial charge >= 0.3 is 6.61 Å². The van der Waals surface area contributed by atoms with Crippen LogP contribution in [0.3, 0.4) is 0 Å². The van der Waals surface area contributed by atoms with Gasteiger partial charge in [-0.25, -0.2) is 0 Å². The number of phenolic OH excluding ortho intramolecular Hbond substituents is 1.